The summed E-state index contributed by atoms with van der Waals surface area (Å²) in [5, 5.41) is 12.9. The fourth-order valence-corrected chi connectivity index (χ4v) is 4.36. The van der Waals surface area contributed by atoms with Crippen molar-refractivity contribution in [2.24, 2.45) is 16.7 Å². The minimum Gasteiger partial charge on any atom is -0.481 e. The van der Waals surface area contributed by atoms with Gasteiger partial charge in [0.2, 0.25) is 5.91 Å². The average Bonchev–Trinajstić information content (AvgIpc) is 2.98. The van der Waals surface area contributed by atoms with Crippen molar-refractivity contribution in [3.8, 4) is 0 Å². The number of benzene rings is 1. The standard InChI is InChI=1S/C17H20N2O3S/c1-16(2)10(13(20)21)8-9-17(16,3)14(22)19-15-18-11-6-4-5-7-12(11)23-15/h4-7,10H,8-9H2,1-3H3,(H,20,21)(H,18,19,22). The van der Waals surface area contributed by atoms with Gasteiger partial charge in [0.1, 0.15) is 0 Å². The van der Waals surface area contributed by atoms with E-state index in [9.17, 15) is 14.7 Å². The van der Waals surface area contributed by atoms with E-state index >= 15 is 0 Å². The second-order valence-corrected chi connectivity index (χ2v) is 7.95. The topological polar surface area (TPSA) is 79.3 Å². The molecule has 2 N–H and O–H groups in total. The smallest absolute Gasteiger partial charge is 0.307 e. The van der Waals surface area contributed by atoms with Crippen LogP contribution in [0.5, 0.6) is 0 Å². The van der Waals surface area contributed by atoms with Crippen LogP contribution < -0.4 is 5.32 Å². The van der Waals surface area contributed by atoms with E-state index in [4.69, 9.17) is 0 Å². The Bertz CT molecular complexity index is 750. The molecule has 1 heterocycles. The van der Waals surface area contributed by atoms with E-state index < -0.39 is 22.7 Å². The van der Waals surface area contributed by atoms with Crippen LogP contribution in [0.15, 0.2) is 24.3 Å². The van der Waals surface area contributed by atoms with E-state index in [-0.39, 0.29) is 5.91 Å². The molecule has 0 spiro atoms. The third-order valence-corrected chi connectivity index (χ3v) is 6.49. The summed E-state index contributed by atoms with van der Waals surface area (Å²) in [6.07, 6.45) is 1.08. The SMILES string of the molecule is CC1(C(=O)Nc2nc3ccccc3s2)CCC(C(=O)O)C1(C)C. The first-order valence-electron chi connectivity index (χ1n) is 7.65. The zero-order valence-corrected chi connectivity index (χ0v) is 14.2. The van der Waals surface area contributed by atoms with Crippen LogP contribution in [-0.2, 0) is 9.59 Å². The number of anilines is 1. The molecule has 6 heteroatoms. The van der Waals surface area contributed by atoms with Gasteiger partial charge in [0.15, 0.2) is 5.13 Å². The molecule has 3 rings (SSSR count). The van der Waals surface area contributed by atoms with E-state index in [1.807, 2.05) is 45.0 Å². The first-order chi connectivity index (χ1) is 10.8. The van der Waals surface area contributed by atoms with Gasteiger partial charge in [0.25, 0.3) is 0 Å². The second kappa shape index (κ2) is 5.30. The van der Waals surface area contributed by atoms with Gasteiger partial charge >= 0.3 is 5.97 Å². The highest BCUT2D eigenvalue weighted by atomic mass is 32.1. The van der Waals surface area contributed by atoms with E-state index in [0.29, 0.717) is 18.0 Å². The van der Waals surface area contributed by atoms with E-state index in [1.54, 1.807) is 0 Å². The molecule has 1 amide bonds. The summed E-state index contributed by atoms with van der Waals surface area (Å²) < 4.78 is 1.02. The van der Waals surface area contributed by atoms with Crippen molar-refractivity contribution in [1.82, 2.24) is 4.98 Å². The number of carboxylic acids is 1. The third kappa shape index (κ3) is 2.41. The number of carboxylic acid groups (broad SMARTS) is 1. The number of carbonyl (C=O) groups is 2. The number of carbonyl (C=O) groups excluding carboxylic acids is 1. The van der Waals surface area contributed by atoms with Crippen LogP contribution in [0.1, 0.15) is 33.6 Å². The Morgan fingerprint density at radius 3 is 2.61 bits per heavy atom. The van der Waals surface area contributed by atoms with Crippen molar-refractivity contribution in [1.29, 1.82) is 0 Å². The summed E-state index contributed by atoms with van der Waals surface area (Å²) in [5.41, 5.74) is -0.486. The van der Waals surface area contributed by atoms with Crippen molar-refractivity contribution in [2.45, 2.75) is 33.6 Å². The highest BCUT2D eigenvalue weighted by Crippen LogP contribution is 2.56. The number of aromatic nitrogens is 1. The summed E-state index contributed by atoms with van der Waals surface area (Å²) >= 11 is 1.43. The Morgan fingerprint density at radius 1 is 1.30 bits per heavy atom. The molecule has 2 unspecified atom stereocenters. The number of hydrogen-bond acceptors (Lipinski definition) is 4. The molecular weight excluding hydrogens is 312 g/mol. The van der Waals surface area contributed by atoms with Crippen LogP contribution >= 0.6 is 11.3 Å². The van der Waals surface area contributed by atoms with Crippen LogP contribution in [-0.4, -0.2) is 22.0 Å². The van der Waals surface area contributed by atoms with Gasteiger partial charge in [0.05, 0.1) is 21.5 Å². The van der Waals surface area contributed by atoms with Crippen LogP contribution in [0, 0.1) is 16.7 Å². The molecule has 1 saturated carbocycles. The van der Waals surface area contributed by atoms with Gasteiger partial charge in [-0.05, 0) is 30.4 Å². The maximum atomic E-state index is 12.9. The summed E-state index contributed by atoms with van der Waals surface area (Å²) in [7, 11) is 0. The van der Waals surface area contributed by atoms with Gasteiger partial charge in [-0.1, -0.05) is 44.2 Å². The van der Waals surface area contributed by atoms with Gasteiger partial charge in [-0.3, -0.25) is 9.59 Å². The lowest BCUT2D eigenvalue weighted by Crippen LogP contribution is -2.45. The first kappa shape index (κ1) is 15.9. The number of nitrogens with zero attached hydrogens (tertiary/aromatic N) is 1. The zero-order valence-electron chi connectivity index (χ0n) is 13.4. The Balaban J connectivity index is 1.86. The lowest BCUT2D eigenvalue weighted by Gasteiger charge is -2.38. The van der Waals surface area contributed by atoms with Crippen LogP contribution in [0.25, 0.3) is 10.2 Å². The number of hydrogen-bond donors (Lipinski definition) is 2. The Hall–Kier alpha value is -1.95. The predicted octanol–water partition coefficient (Wildman–Crippen LogP) is 3.76. The molecule has 2 atom stereocenters. The fourth-order valence-electron chi connectivity index (χ4n) is 3.50. The lowest BCUT2D eigenvalue weighted by atomic mass is 9.65. The number of aliphatic carboxylic acids is 1. The van der Waals surface area contributed by atoms with Gasteiger partial charge in [-0.2, -0.15) is 0 Å². The zero-order chi connectivity index (χ0) is 16.8. The Kier molecular flexibility index (Phi) is 3.67. The summed E-state index contributed by atoms with van der Waals surface area (Å²) in [4.78, 5) is 28.7. The molecule has 1 aliphatic rings. The van der Waals surface area contributed by atoms with Crippen LogP contribution in [0.4, 0.5) is 5.13 Å². The summed E-state index contributed by atoms with van der Waals surface area (Å²) in [6.45, 7) is 5.60. The predicted molar refractivity (Wildman–Crippen MR) is 90.5 cm³/mol. The lowest BCUT2D eigenvalue weighted by molar-refractivity contribution is -0.147. The molecule has 0 saturated heterocycles. The number of thiazole rings is 1. The highest BCUT2D eigenvalue weighted by molar-refractivity contribution is 7.22. The second-order valence-electron chi connectivity index (χ2n) is 6.92. The number of nitrogens with one attached hydrogen (secondary N) is 1. The number of amides is 1. The van der Waals surface area contributed by atoms with Gasteiger partial charge in [0, 0.05) is 0 Å². The van der Waals surface area contributed by atoms with E-state index in [1.165, 1.54) is 11.3 Å². The van der Waals surface area contributed by atoms with Crippen molar-refractivity contribution in [3.63, 3.8) is 0 Å². The molecule has 5 nitrogen and oxygen atoms in total. The van der Waals surface area contributed by atoms with Crippen molar-refractivity contribution >= 4 is 38.6 Å². The molecule has 2 aromatic rings. The maximum absolute atomic E-state index is 12.9. The third-order valence-electron chi connectivity index (χ3n) is 5.54. The quantitative estimate of drug-likeness (QED) is 0.897. The largest absolute Gasteiger partial charge is 0.481 e. The van der Waals surface area contributed by atoms with Gasteiger partial charge < -0.3 is 10.4 Å². The Labute approximate surface area is 138 Å². The molecule has 1 fully saturated rings. The minimum atomic E-state index is -0.827. The highest BCUT2D eigenvalue weighted by Gasteiger charge is 2.58. The fraction of sp³-hybridized carbons (Fsp3) is 0.471. The minimum absolute atomic E-state index is 0.148. The normalized spacial score (nSPS) is 26.3. The molecule has 1 aromatic carbocycles. The molecule has 122 valence electrons. The summed E-state index contributed by atoms with van der Waals surface area (Å²) in [6, 6.07) is 7.71. The molecule has 23 heavy (non-hydrogen) atoms. The van der Waals surface area contributed by atoms with Crippen molar-refractivity contribution in [2.75, 3.05) is 5.32 Å². The molecule has 0 aliphatic heterocycles. The number of para-hydroxylation sites is 1. The number of fused-ring (bicyclic) bond motifs is 1. The number of rotatable bonds is 3. The molecular formula is C17H20N2O3S. The average molecular weight is 332 g/mol. The molecule has 0 radical (unpaired) electrons. The molecule has 1 aromatic heterocycles. The van der Waals surface area contributed by atoms with Gasteiger partial charge in [-0.25, -0.2) is 4.98 Å². The van der Waals surface area contributed by atoms with Crippen molar-refractivity contribution < 1.29 is 14.7 Å². The van der Waals surface area contributed by atoms with Crippen LogP contribution in [0.2, 0.25) is 0 Å². The van der Waals surface area contributed by atoms with Crippen molar-refractivity contribution in [3.05, 3.63) is 24.3 Å². The van der Waals surface area contributed by atoms with E-state index in [2.05, 4.69) is 10.3 Å². The van der Waals surface area contributed by atoms with E-state index in [0.717, 1.165) is 10.2 Å². The molecule has 0 bridgehead atoms. The maximum Gasteiger partial charge on any atom is 0.307 e. The Morgan fingerprint density at radius 2 is 2.00 bits per heavy atom. The first-order valence-corrected chi connectivity index (χ1v) is 8.47. The monoisotopic (exact) mass is 332 g/mol. The van der Waals surface area contributed by atoms with Gasteiger partial charge in [-0.15, -0.1) is 0 Å². The molecule has 1 aliphatic carbocycles. The summed E-state index contributed by atoms with van der Waals surface area (Å²) in [5.74, 6) is -1.48. The van der Waals surface area contributed by atoms with Crippen LogP contribution in [0.3, 0.4) is 0 Å².